The highest BCUT2D eigenvalue weighted by molar-refractivity contribution is 5.98. The molecule has 200 valence electrons. The van der Waals surface area contributed by atoms with Crippen LogP contribution in [0.15, 0.2) is 63.9 Å². The summed E-state index contributed by atoms with van der Waals surface area (Å²) in [5.74, 6) is -3.09. The van der Waals surface area contributed by atoms with Gasteiger partial charge < -0.3 is 19.8 Å². The van der Waals surface area contributed by atoms with Crippen molar-refractivity contribution in [2.75, 3.05) is 0 Å². The van der Waals surface area contributed by atoms with E-state index in [-0.39, 0.29) is 41.4 Å². The molecule has 0 bridgehead atoms. The highest BCUT2D eigenvalue weighted by atomic mass is 19.3. The Balaban J connectivity index is 1.36. The molecule has 2 aromatic carbocycles. The summed E-state index contributed by atoms with van der Waals surface area (Å²) in [7, 11) is 0. The number of aromatic amines is 1. The van der Waals surface area contributed by atoms with Gasteiger partial charge in [-0.25, -0.2) is 18.7 Å². The highest BCUT2D eigenvalue weighted by Crippen LogP contribution is 2.25. The van der Waals surface area contributed by atoms with E-state index in [4.69, 9.17) is 4.42 Å². The van der Waals surface area contributed by atoms with Gasteiger partial charge in [-0.05, 0) is 23.8 Å². The SMILES string of the molecule is CC(F)(F)Oc1ccccc1CNC(=O)c1cc(C(=O)NCc2ccc3oc(=O)[nH]c3c2)nc2c(F)cnn12. The first kappa shape index (κ1) is 25.5. The zero-order valence-electron chi connectivity index (χ0n) is 20.1. The van der Waals surface area contributed by atoms with Crippen molar-refractivity contribution < 1.29 is 31.9 Å². The molecule has 14 heteroatoms. The number of aromatic nitrogens is 4. The van der Waals surface area contributed by atoms with Crippen molar-refractivity contribution in [2.45, 2.75) is 26.1 Å². The van der Waals surface area contributed by atoms with Gasteiger partial charge >= 0.3 is 11.9 Å². The minimum Gasteiger partial charge on any atom is -0.432 e. The van der Waals surface area contributed by atoms with E-state index in [1.54, 1.807) is 24.3 Å². The summed E-state index contributed by atoms with van der Waals surface area (Å²) in [6.45, 7) is 0.404. The predicted molar refractivity (Wildman–Crippen MR) is 130 cm³/mol. The minimum absolute atomic E-state index is 0.0248. The van der Waals surface area contributed by atoms with Crippen molar-refractivity contribution in [3.63, 3.8) is 0 Å². The second-order valence-corrected chi connectivity index (χ2v) is 8.48. The Bertz CT molecular complexity index is 1770. The van der Waals surface area contributed by atoms with E-state index < -0.39 is 29.5 Å². The van der Waals surface area contributed by atoms with Crippen LogP contribution in [0.5, 0.6) is 5.75 Å². The van der Waals surface area contributed by atoms with Crippen LogP contribution in [0.4, 0.5) is 13.2 Å². The molecule has 5 aromatic rings. The largest absolute Gasteiger partial charge is 0.432 e. The summed E-state index contributed by atoms with van der Waals surface area (Å²) in [5.41, 5.74) is 0.844. The number of H-pyrrole nitrogens is 1. The summed E-state index contributed by atoms with van der Waals surface area (Å²) < 4.78 is 51.6. The third-order valence-electron chi connectivity index (χ3n) is 5.53. The summed E-state index contributed by atoms with van der Waals surface area (Å²) in [6, 6.07) is 11.9. The number of benzene rings is 2. The number of rotatable bonds is 8. The number of carbonyl (C=O) groups is 2. The van der Waals surface area contributed by atoms with E-state index in [1.807, 2.05) is 0 Å². The number of alkyl halides is 2. The van der Waals surface area contributed by atoms with Crippen LogP contribution >= 0.6 is 0 Å². The molecule has 3 heterocycles. The van der Waals surface area contributed by atoms with E-state index in [1.165, 1.54) is 18.2 Å². The smallest absolute Gasteiger partial charge is 0.417 e. The maximum Gasteiger partial charge on any atom is 0.417 e. The van der Waals surface area contributed by atoms with E-state index in [0.717, 1.165) is 16.8 Å². The van der Waals surface area contributed by atoms with Gasteiger partial charge in [0.05, 0.1) is 11.7 Å². The molecule has 3 aromatic heterocycles. The zero-order chi connectivity index (χ0) is 27.7. The second kappa shape index (κ2) is 9.96. The molecule has 0 radical (unpaired) electrons. The van der Waals surface area contributed by atoms with E-state index in [0.29, 0.717) is 23.6 Å². The monoisotopic (exact) mass is 540 g/mol. The quantitative estimate of drug-likeness (QED) is 0.274. The van der Waals surface area contributed by atoms with Crippen molar-refractivity contribution >= 4 is 28.6 Å². The Kier molecular flexibility index (Phi) is 6.52. The van der Waals surface area contributed by atoms with Gasteiger partial charge in [0.15, 0.2) is 17.0 Å². The fraction of sp³-hybridized carbons (Fsp3) is 0.160. The van der Waals surface area contributed by atoms with Gasteiger partial charge in [-0.1, -0.05) is 24.3 Å². The average molecular weight is 540 g/mol. The lowest BCUT2D eigenvalue weighted by Gasteiger charge is -2.16. The molecule has 2 amide bonds. The van der Waals surface area contributed by atoms with Gasteiger partial charge in [0.2, 0.25) is 0 Å². The number of fused-ring (bicyclic) bond motifs is 2. The third-order valence-corrected chi connectivity index (χ3v) is 5.53. The molecular weight excluding hydrogens is 521 g/mol. The van der Waals surface area contributed by atoms with Crippen LogP contribution in [0.1, 0.15) is 39.0 Å². The average Bonchev–Trinajstić information content (AvgIpc) is 3.46. The Morgan fingerprint density at radius 2 is 1.87 bits per heavy atom. The number of nitrogens with zero attached hydrogens (tertiary/aromatic N) is 3. The van der Waals surface area contributed by atoms with Gasteiger partial charge in [-0.15, -0.1) is 0 Å². The molecular formula is C25H19F3N6O5. The van der Waals surface area contributed by atoms with Gasteiger partial charge in [-0.3, -0.25) is 14.6 Å². The molecule has 0 aliphatic heterocycles. The Labute approximate surface area is 216 Å². The van der Waals surface area contributed by atoms with Crippen LogP contribution in [-0.4, -0.2) is 37.5 Å². The molecule has 0 atom stereocenters. The number of amides is 2. The molecule has 0 aliphatic carbocycles. The number of hydrogen-bond donors (Lipinski definition) is 3. The minimum atomic E-state index is -3.44. The van der Waals surface area contributed by atoms with Crippen molar-refractivity contribution in [3.8, 4) is 5.75 Å². The van der Waals surface area contributed by atoms with Gasteiger partial charge in [0.1, 0.15) is 17.1 Å². The predicted octanol–water partition coefficient (Wildman–Crippen LogP) is 3.15. The summed E-state index contributed by atoms with van der Waals surface area (Å²) >= 11 is 0. The lowest BCUT2D eigenvalue weighted by molar-refractivity contribution is -0.159. The van der Waals surface area contributed by atoms with Crippen molar-refractivity contribution in [2.24, 2.45) is 0 Å². The first-order chi connectivity index (χ1) is 18.6. The van der Waals surface area contributed by atoms with Gasteiger partial charge in [-0.2, -0.15) is 13.9 Å². The van der Waals surface area contributed by atoms with E-state index in [2.05, 4.69) is 30.4 Å². The fourth-order valence-corrected chi connectivity index (χ4v) is 3.80. The Morgan fingerprint density at radius 1 is 1.10 bits per heavy atom. The summed E-state index contributed by atoms with van der Waals surface area (Å²) in [5, 5.41) is 8.97. The van der Waals surface area contributed by atoms with Crippen LogP contribution < -0.4 is 21.1 Å². The van der Waals surface area contributed by atoms with Crippen molar-refractivity contribution in [1.29, 1.82) is 0 Å². The molecule has 0 unspecified atom stereocenters. The lowest BCUT2D eigenvalue weighted by atomic mass is 10.2. The number of ether oxygens (including phenoxy) is 1. The third kappa shape index (κ3) is 5.58. The number of carbonyl (C=O) groups excluding carboxylic acids is 2. The van der Waals surface area contributed by atoms with Crippen LogP contribution in [0.25, 0.3) is 16.7 Å². The summed E-state index contributed by atoms with van der Waals surface area (Å²) in [4.78, 5) is 43.7. The highest BCUT2D eigenvalue weighted by Gasteiger charge is 2.25. The maximum absolute atomic E-state index is 14.4. The van der Waals surface area contributed by atoms with Crippen LogP contribution in [-0.2, 0) is 13.1 Å². The molecule has 11 nitrogen and oxygen atoms in total. The van der Waals surface area contributed by atoms with Crippen LogP contribution in [0.2, 0.25) is 0 Å². The Morgan fingerprint density at radius 3 is 2.67 bits per heavy atom. The Hall–Kier alpha value is -5.14. The number of para-hydroxylation sites is 1. The molecule has 0 saturated heterocycles. The normalized spacial score (nSPS) is 11.6. The molecule has 0 saturated carbocycles. The van der Waals surface area contributed by atoms with Gasteiger partial charge in [0.25, 0.3) is 11.8 Å². The first-order valence-electron chi connectivity index (χ1n) is 11.4. The fourth-order valence-electron chi connectivity index (χ4n) is 3.80. The van der Waals surface area contributed by atoms with E-state index >= 15 is 0 Å². The number of oxazole rings is 1. The molecule has 5 rings (SSSR count). The topological polar surface area (TPSA) is 144 Å². The molecule has 3 N–H and O–H groups in total. The van der Waals surface area contributed by atoms with Crippen molar-refractivity contribution in [1.82, 2.24) is 30.2 Å². The molecule has 39 heavy (non-hydrogen) atoms. The standard InChI is InChI=1S/C25H19F3N6O5/c1-25(27,28)39-19-5-3-2-4-14(19)11-30-23(36)18-9-17(32-21-15(26)12-31-34(18)21)22(35)29-10-13-6-7-20-16(8-13)33-24(37)38-20/h2-9,12H,10-11H2,1H3,(H,29,35)(H,30,36)(H,33,37). The first-order valence-corrected chi connectivity index (χ1v) is 11.4. The van der Waals surface area contributed by atoms with Crippen molar-refractivity contribution in [3.05, 3.63) is 93.6 Å². The van der Waals surface area contributed by atoms with E-state index in [9.17, 15) is 27.6 Å². The number of hydrogen-bond acceptors (Lipinski definition) is 7. The zero-order valence-corrected chi connectivity index (χ0v) is 20.1. The van der Waals surface area contributed by atoms with Crippen LogP contribution in [0.3, 0.4) is 0 Å². The lowest BCUT2D eigenvalue weighted by Crippen LogP contribution is -2.29. The number of halogens is 3. The maximum atomic E-state index is 14.4. The van der Waals surface area contributed by atoms with Crippen LogP contribution in [0, 0.1) is 5.82 Å². The molecule has 0 fully saturated rings. The number of nitrogens with one attached hydrogen (secondary N) is 3. The molecule has 0 spiro atoms. The van der Waals surface area contributed by atoms with Gasteiger partial charge in [0, 0.05) is 31.6 Å². The second-order valence-electron chi connectivity index (χ2n) is 8.48. The summed E-state index contributed by atoms with van der Waals surface area (Å²) in [6.07, 6.45) is -2.60. The molecule has 0 aliphatic rings.